The van der Waals surface area contributed by atoms with Crippen molar-refractivity contribution in [3.05, 3.63) is 64.6 Å². The standard InChI is InChI=1S/C17H19BrN2O3S/c1-13(14-6-4-3-5-7-14)19-17(21)12-20(2)24(22,23)16-10-8-15(18)9-11-16/h3-11,13H,12H2,1-2H3,(H,19,21)/t13-/m1/s1. The molecule has 0 unspecified atom stereocenters. The van der Waals surface area contributed by atoms with Gasteiger partial charge in [-0.2, -0.15) is 4.31 Å². The fourth-order valence-corrected chi connectivity index (χ4v) is 3.58. The third-order valence-electron chi connectivity index (χ3n) is 3.57. The van der Waals surface area contributed by atoms with Crippen LogP contribution in [0.5, 0.6) is 0 Å². The Balaban J connectivity index is 2.01. The zero-order chi connectivity index (χ0) is 17.7. The van der Waals surface area contributed by atoms with E-state index in [1.807, 2.05) is 37.3 Å². The van der Waals surface area contributed by atoms with Crippen LogP contribution in [0.2, 0.25) is 0 Å². The lowest BCUT2D eigenvalue weighted by Gasteiger charge is -2.19. The Morgan fingerprint density at radius 3 is 2.29 bits per heavy atom. The first kappa shape index (κ1) is 18.6. The molecule has 0 aromatic heterocycles. The van der Waals surface area contributed by atoms with Crippen molar-refractivity contribution in [1.82, 2.24) is 9.62 Å². The fourth-order valence-electron chi connectivity index (χ4n) is 2.19. The smallest absolute Gasteiger partial charge is 0.243 e. The third kappa shape index (κ3) is 4.66. The lowest BCUT2D eigenvalue weighted by molar-refractivity contribution is -0.121. The number of carbonyl (C=O) groups is 1. The first-order valence-corrected chi connectivity index (χ1v) is 9.60. The van der Waals surface area contributed by atoms with Gasteiger partial charge in [-0.1, -0.05) is 46.3 Å². The molecule has 0 aliphatic heterocycles. The molecule has 24 heavy (non-hydrogen) atoms. The molecule has 128 valence electrons. The van der Waals surface area contributed by atoms with Gasteiger partial charge in [0.2, 0.25) is 15.9 Å². The van der Waals surface area contributed by atoms with Gasteiger partial charge in [0.15, 0.2) is 0 Å². The lowest BCUT2D eigenvalue weighted by atomic mass is 10.1. The number of rotatable bonds is 6. The van der Waals surface area contributed by atoms with Crippen LogP contribution in [0.15, 0.2) is 64.0 Å². The molecular formula is C17H19BrN2O3S. The summed E-state index contributed by atoms with van der Waals surface area (Å²) in [5.74, 6) is -0.352. The van der Waals surface area contributed by atoms with E-state index < -0.39 is 10.0 Å². The Hall–Kier alpha value is -1.70. The van der Waals surface area contributed by atoms with Crippen molar-refractivity contribution in [3.8, 4) is 0 Å². The Bertz CT molecular complexity index is 792. The summed E-state index contributed by atoms with van der Waals surface area (Å²) in [6.45, 7) is 1.62. The van der Waals surface area contributed by atoms with Crippen molar-refractivity contribution in [2.45, 2.75) is 17.9 Å². The van der Waals surface area contributed by atoms with Gasteiger partial charge in [-0.15, -0.1) is 0 Å². The SMILES string of the molecule is C[C@@H](NC(=O)CN(C)S(=O)(=O)c1ccc(Br)cc1)c1ccccc1. The number of hydrogen-bond donors (Lipinski definition) is 1. The van der Waals surface area contributed by atoms with E-state index in [2.05, 4.69) is 21.2 Å². The van der Waals surface area contributed by atoms with Crippen LogP contribution in [0, 0.1) is 0 Å². The molecule has 1 amide bonds. The summed E-state index contributed by atoms with van der Waals surface area (Å²) in [6, 6.07) is 15.6. The van der Waals surface area contributed by atoms with Gasteiger partial charge in [0.05, 0.1) is 17.5 Å². The van der Waals surface area contributed by atoms with E-state index in [1.165, 1.54) is 19.2 Å². The Kier molecular flexibility index (Phi) is 6.15. The maximum atomic E-state index is 12.5. The summed E-state index contributed by atoms with van der Waals surface area (Å²) in [5.41, 5.74) is 0.962. The summed E-state index contributed by atoms with van der Waals surface area (Å²) in [6.07, 6.45) is 0. The van der Waals surface area contributed by atoms with Crippen LogP contribution in [0.4, 0.5) is 0 Å². The minimum absolute atomic E-state index is 0.150. The topological polar surface area (TPSA) is 66.5 Å². The van der Waals surface area contributed by atoms with Crippen LogP contribution in [-0.2, 0) is 14.8 Å². The number of likely N-dealkylation sites (N-methyl/N-ethyl adjacent to an activating group) is 1. The summed E-state index contributed by atoms with van der Waals surface area (Å²) >= 11 is 3.27. The maximum Gasteiger partial charge on any atom is 0.243 e. The molecule has 1 atom stereocenters. The number of halogens is 1. The molecule has 0 saturated carbocycles. The molecule has 7 heteroatoms. The number of carbonyl (C=O) groups excluding carboxylic acids is 1. The molecule has 2 aromatic carbocycles. The van der Waals surface area contributed by atoms with Crippen LogP contribution < -0.4 is 5.32 Å². The second kappa shape index (κ2) is 7.92. The number of hydrogen-bond acceptors (Lipinski definition) is 3. The van der Waals surface area contributed by atoms with Gasteiger partial charge in [0, 0.05) is 11.5 Å². The quantitative estimate of drug-likeness (QED) is 0.795. The number of nitrogens with one attached hydrogen (secondary N) is 1. The predicted octanol–water partition coefficient (Wildman–Crippen LogP) is 2.95. The van der Waals surface area contributed by atoms with Crippen molar-refractivity contribution in [2.24, 2.45) is 0 Å². The Morgan fingerprint density at radius 1 is 1.12 bits per heavy atom. The molecule has 5 nitrogen and oxygen atoms in total. The summed E-state index contributed by atoms with van der Waals surface area (Å²) < 4.78 is 26.8. The second-order valence-electron chi connectivity index (χ2n) is 5.41. The first-order valence-electron chi connectivity index (χ1n) is 7.37. The van der Waals surface area contributed by atoms with Gasteiger partial charge in [-0.25, -0.2) is 8.42 Å². The van der Waals surface area contributed by atoms with Gasteiger partial charge >= 0.3 is 0 Å². The minimum atomic E-state index is -3.70. The van der Waals surface area contributed by atoms with Crippen molar-refractivity contribution in [3.63, 3.8) is 0 Å². The highest BCUT2D eigenvalue weighted by molar-refractivity contribution is 9.10. The van der Waals surface area contributed by atoms with Gasteiger partial charge < -0.3 is 5.32 Å². The van der Waals surface area contributed by atoms with E-state index in [1.54, 1.807) is 12.1 Å². The van der Waals surface area contributed by atoms with Crippen LogP contribution in [0.25, 0.3) is 0 Å². The normalized spacial score (nSPS) is 12.8. The van der Waals surface area contributed by atoms with E-state index in [0.29, 0.717) is 0 Å². The van der Waals surface area contributed by atoms with E-state index >= 15 is 0 Å². The van der Waals surface area contributed by atoms with Gasteiger partial charge in [-0.3, -0.25) is 4.79 Å². The zero-order valence-corrected chi connectivity index (χ0v) is 15.8. The van der Waals surface area contributed by atoms with Crippen molar-refractivity contribution < 1.29 is 13.2 Å². The molecule has 2 rings (SSSR count). The van der Waals surface area contributed by atoms with E-state index in [9.17, 15) is 13.2 Å². The number of amides is 1. The van der Waals surface area contributed by atoms with Gasteiger partial charge in [0.25, 0.3) is 0 Å². The largest absolute Gasteiger partial charge is 0.348 e. The van der Waals surface area contributed by atoms with Crippen LogP contribution in [0.1, 0.15) is 18.5 Å². The Morgan fingerprint density at radius 2 is 1.71 bits per heavy atom. The summed E-state index contributed by atoms with van der Waals surface area (Å²) in [7, 11) is -2.31. The highest BCUT2D eigenvalue weighted by Crippen LogP contribution is 2.18. The zero-order valence-electron chi connectivity index (χ0n) is 13.4. The molecule has 0 bridgehead atoms. The average molecular weight is 411 g/mol. The average Bonchev–Trinajstić information content (AvgIpc) is 2.55. The van der Waals surface area contributed by atoms with Crippen LogP contribution >= 0.6 is 15.9 Å². The third-order valence-corrected chi connectivity index (χ3v) is 5.91. The molecule has 0 spiro atoms. The molecule has 0 heterocycles. The fraction of sp³-hybridized carbons (Fsp3) is 0.235. The molecular weight excluding hydrogens is 392 g/mol. The van der Waals surface area contributed by atoms with Crippen molar-refractivity contribution >= 4 is 31.9 Å². The highest BCUT2D eigenvalue weighted by Gasteiger charge is 2.23. The van der Waals surface area contributed by atoms with E-state index in [-0.39, 0.29) is 23.4 Å². The highest BCUT2D eigenvalue weighted by atomic mass is 79.9. The Labute approximate surface area is 150 Å². The molecule has 2 aromatic rings. The molecule has 0 saturated heterocycles. The van der Waals surface area contributed by atoms with Crippen LogP contribution in [0.3, 0.4) is 0 Å². The monoisotopic (exact) mass is 410 g/mol. The molecule has 0 radical (unpaired) electrons. The molecule has 0 fully saturated rings. The van der Waals surface area contributed by atoms with Crippen molar-refractivity contribution in [2.75, 3.05) is 13.6 Å². The van der Waals surface area contributed by atoms with E-state index in [4.69, 9.17) is 0 Å². The van der Waals surface area contributed by atoms with Crippen molar-refractivity contribution in [1.29, 1.82) is 0 Å². The minimum Gasteiger partial charge on any atom is -0.348 e. The molecule has 0 aliphatic rings. The predicted molar refractivity (Wildman–Crippen MR) is 97.0 cm³/mol. The van der Waals surface area contributed by atoms with Gasteiger partial charge in [-0.05, 0) is 36.8 Å². The van der Waals surface area contributed by atoms with Crippen LogP contribution in [-0.4, -0.2) is 32.2 Å². The lowest BCUT2D eigenvalue weighted by Crippen LogP contribution is -2.39. The van der Waals surface area contributed by atoms with Gasteiger partial charge in [0.1, 0.15) is 0 Å². The summed E-state index contributed by atoms with van der Waals surface area (Å²) in [4.78, 5) is 12.3. The van der Waals surface area contributed by atoms with E-state index in [0.717, 1.165) is 14.3 Å². The summed E-state index contributed by atoms with van der Waals surface area (Å²) in [5, 5.41) is 2.81. The molecule has 0 aliphatic carbocycles. The molecule has 1 N–H and O–H groups in total. The maximum absolute atomic E-state index is 12.5. The first-order chi connectivity index (χ1) is 11.3. The number of sulfonamides is 1. The number of nitrogens with zero attached hydrogens (tertiary/aromatic N) is 1. The second-order valence-corrected chi connectivity index (χ2v) is 8.38. The number of benzene rings is 2.